The Morgan fingerprint density at radius 1 is 0.438 bits per heavy atom. The number of ether oxygens (including phenoxy) is 4. The zero-order valence-corrected chi connectivity index (χ0v) is 28.3. The van der Waals surface area contributed by atoms with Crippen LogP contribution in [0.3, 0.4) is 0 Å². The Kier molecular flexibility index (Phi) is 10.2. The molecule has 2 aliphatic heterocycles. The highest BCUT2D eigenvalue weighted by molar-refractivity contribution is 7.55. The molecule has 4 aliphatic carbocycles. The van der Waals surface area contributed by atoms with Crippen molar-refractivity contribution < 1.29 is 28.0 Å². The Balaban J connectivity index is 1.14. The lowest BCUT2D eigenvalue weighted by molar-refractivity contribution is -0.325. The summed E-state index contributed by atoms with van der Waals surface area (Å²) in [4.78, 5) is 0. The SMILES string of the molecule is C1=CC(P(O[C@@H]2COC(c3ccccc3)O[C@H]2[C@@H]2OC(c3ccccc3)OC[C@H]2OP(C2C=CC=C2)C2C=CC=C2)C2C=CC=C2)C=C1. The fourth-order valence-electron chi connectivity index (χ4n) is 6.77. The van der Waals surface area contributed by atoms with Crippen LogP contribution in [0.15, 0.2) is 158 Å². The minimum absolute atomic E-state index is 0.194. The predicted molar refractivity (Wildman–Crippen MR) is 192 cm³/mol. The number of benzene rings is 2. The molecule has 0 bridgehead atoms. The van der Waals surface area contributed by atoms with Gasteiger partial charge in [0.05, 0.1) is 29.5 Å². The topological polar surface area (TPSA) is 55.4 Å². The summed E-state index contributed by atoms with van der Waals surface area (Å²) in [6.07, 6.45) is 31.9. The average molecular weight is 679 g/mol. The standard InChI is InChI=1S/C40H40O6P2/c1-3-15-29(16-4-1)39-41-27-35(45-47(31-19-7-8-20-31)32-21-9-10-22-32)37(43-39)38-36(28-42-40(44-38)30-17-5-2-6-18-30)46-48(33-23-11-12-24-33)34-25-13-14-26-34/h1-26,31-40H,27-28H2/t35-,36-,37-,38-,39?,40?/m1/s1. The summed E-state index contributed by atoms with van der Waals surface area (Å²) in [6.45, 7) is 0.730. The van der Waals surface area contributed by atoms with E-state index in [-0.39, 0.29) is 22.6 Å². The van der Waals surface area contributed by atoms with Gasteiger partial charge in [-0.25, -0.2) is 0 Å². The molecule has 6 nitrogen and oxygen atoms in total. The molecule has 8 heteroatoms. The van der Waals surface area contributed by atoms with E-state index in [9.17, 15) is 0 Å². The van der Waals surface area contributed by atoms with Gasteiger partial charge >= 0.3 is 0 Å². The molecule has 0 aromatic heterocycles. The zero-order chi connectivity index (χ0) is 32.1. The van der Waals surface area contributed by atoms with E-state index in [1.807, 2.05) is 60.7 Å². The maximum atomic E-state index is 7.20. The van der Waals surface area contributed by atoms with Crippen molar-refractivity contribution in [3.8, 4) is 0 Å². The Morgan fingerprint density at radius 3 is 1.06 bits per heavy atom. The van der Waals surface area contributed by atoms with Crippen molar-refractivity contribution >= 4 is 16.3 Å². The number of rotatable bonds is 11. The summed E-state index contributed by atoms with van der Waals surface area (Å²) in [5.74, 6) is 0. The molecule has 246 valence electrons. The van der Waals surface area contributed by atoms with E-state index >= 15 is 0 Å². The molecular weight excluding hydrogens is 638 g/mol. The van der Waals surface area contributed by atoms with Crippen molar-refractivity contribution in [2.75, 3.05) is 13.2 Å². The fourth-order valence-corrected chi connectivity index (χ4v) is 11.3. The lowest BCUT2D eigenvalue weighted by Gasteiger charge is -2.47. The molecule has 2 fully saturated rings. The van der Waals surface area contributed by atoms with Gasteiger partial charge in [-0.2, -0.15) is 0 Å². The van der Waals surface area contributed by atoms with Crippen molar-refractivity contribution in [3.63, 3.8) is 0 Å². The van der Waals surface area contributed by atoms with Gasteiger partial charge in [0.1, 0.15) is 24.4 Å². The first-order valence-corrected chi connectivity index (χ1v) is 19.5. The molecule has 2 aromatic carbocycles. The normalized spacial score (nSPS) is 30.4. The van der Waals surface area contributed by atoms with Crippen LogP contribution in [-0.4, -0.2) is 60.3 Å². The summed E-state index contributed by atoms with van der Waals surface area (Å²) in [6, 6.07) is 20.2. The van der Waals surface area contributed by atoms with Gasteiger partial charge in [-0.3, -0.25) is 0 Å². The van der Waals surface area contributed by atoms with Crippen LogP contribution in [0, 0.1) is 0 Å². The largest absolute Gasteiger partial charge is 0.349 e. The van der Waals surface area contributed by atoms with E-state index in [0.717, 1.165) is 11.1 Å². The molecule has 2 saturated heterocycles. The van der Waals surface area contributed by atoms with Gasteiger partial charge in [0.25, 0.3) is 0 Å². The molecule has 2 unspecified atom stereocenters. The van der Waals surface area contributed by atoms with Gasteiger partial charge in [0.15, 0.2) is 12.6 Å². The van der Waals surface area contributed by atoms with Gasteiger partial charge in [-0.05, 0) is 0 Å². The molecule has 6 aliphatic rings. The maximum absolute atomic E-state index is 7.20. The Hall–Kier alpha value is -3.02. The zero-order valence-electron chi connectivity index (χ0n) is 26.5. The van der Waals surface area contributed by atoms with Crippen LogP contribution >= 0.6 is 16.3 Å². The van der Waals surface area contributed by atoms with Crippen LogP contribution in [0.5, 0.6) is 0 Å². The van der Waals surface area contributed by atoms with Crippen molar-refractivity contribution in [1.29, 1.82) is 0 Å². The first-order valence-electron chi connectivity index (χ1n) is 16.7. The highest BCUT2D eigenvalue weighted by atomic mass is 31.1. The second kappa shape index (κ2) is 15.3. The molecule has 0 radical (unpaired) electrons. The third-order valence-electron chi connectivity index (χ3n) is 9.19. The Morgan fingerprint density at radius 2 is 0.750 bits per heavy atom. The average Bonchev–Trinajstić information content (AvgIpc) is 3.99. The van der Waals surface area contributed by atoms with Crippen molar-refractivity contribution in [2.45, 2.75) is 59.6 Å². The van der Waals surface area contributed by atoms with E-state index in [1.54, 1.807) is 0 Å². The van der Waals surface area contributed by atoms with Gasteiger partial charge < -0.3 is 28.0 Å². The summed E-state index contributed by atoms with van der Waals surface area (Å²) in [7, 11) is -1.94. The van der Waals surface area contributed by atoms with Crippen LogP contribution in [0.2, 0.25) is 0 Å². The van der Waals surface area contributed by atoms with Crippen LogP contribution in [0.4, 0.5) is 0 Å². The van der Waals surface area contributed by atoms with Crippen LogP contribution in [-0.2, 0) is 28.0 Å². The van der Waals surface area contributed by atoms with E-state index < -0.39 is 53.3 Å². The second-order valence-electron chi connectivity index (χ2n) is 12.4. The minimum atomic E-state index is -0.970. The molecule has 0 saturated carbocycles. The molecule has 0 N–H and O–H groups in total. The fraction of sp³-hybridized carbons (Fsp3) is 0.300. The summed E-state index contributed by atoms with van der Waals surface area (Å²) in [5, 5.41) is 0. The molecule has 2 heterocycles. The second-order valence-corrected chi connectivity index (χ2v) is 16.6. The van der Waals surface area contributed by atoms with Crippen molar-refractivity contribution in [1.82, 2.24) is 0 Å². The van der Waals surface area contributed by atoms with E-state index in [2.05, 4.69) is 97.2 Å². The Bertz CT molecular complexity index is 1410. The molecule has 6 atom stereocenters. The first kappa shape index (κ1) is 32.2. The van der Waals surface area contributed by atoms with Gasteiger partial charge in [0, 0.05) is 33.8 Å². The Labute approximate surface area is 285 Å². The number of hydrogen-bond donors (Lipinski definition) is 0. The summed E-state index contributed by atoms with van der Waals surface area (Å²) >= 11 is 0. The third kappa shape index (κ3) is 7.14. The summed E-state index contributed by atoms with van der Waals surface area (Å²) in [5.41, 5.74) is 2.69. The van der Waals surface area contributed by atoms with Crippen molar-refractivity contribution in [2.24, 2.45) is 0 Å². The van der Waals surface area contributed by atoms with Crippen LogP contribution in [0.25, 0.3) is 0 Å². The highest BCUT2D eigenvalue weighted by Crippen LogP contribution is 2.56. The molecule has 2 aromatic rings. The van der Waals surface area contributed by atoms with E-state index in [0.29, 0.717) is 13.2 Å². The van der Waals surface area contributed by atoms with E-state index in [1.165, 1.54) is 0 Å². The van der Waals surface area contributed by atoms with Gasteiger partial charge in [-0.1, -0.05) is 158 Å². The molecule has 0 spiro atoms. The van der Waals surface area contributed by atoms with Crippen LogP contribution in [0.1, 0.15) is 23.7 Å². The monoisotopic (exact) mass is 678 g/mol. The lowest BCUT2D eigenvalue weighted by Crippen LogP contribution is -2.57. The summed E-state index contributed by atoms with van der Waals surface area (Å²) < 4.78 is 41.2. The van der Waals surface area contributed by atoms with E-state index in [4.69, 9.17) is 28.0 Å². The first-order chi connectivity index (χ1) is 23.8. The predicted octanol–water partition coefficient (Wildman–Crippen LogP) is 8.76. The highest BCUT2D eigenvalue weighted by Gasteiger charge is 2.49. The molecule has 0 amide bonds. The number of allylic oxidation sites excluding steroid dienone is 16. The number of hydrogen-bond acceptors (Lipinski definition) is 6. The van der Waals surface area contributed by atoms with Crippen molar-refractivity contribution in [3.05, 3.63) is 169 Å². The van der Waals surface area contributed by atoms with Gasteiger partial charge in [-0.15, -0.1) is 0 Å². The molecule has 8 rings (SSSR count). The lowest BCUT2D eigenvalue weighted by atomic mass is 10.0. The third-order valence-corrected chi connectivity index (χ3v) is 13.9. The quantitative estimate of drug-likeness (QED) is 0.222. The smallest absolute Gasteiger partial charge is 0.184 e. The minimum Gasteiger partial charge on any atom is -0.349 e. The van der Waals surface area contributed by atoms with Crippen LogP contribution < -0.4 is 0 Å². The molecule has 48 heavy (non-hydrogen) atoms. The maximum Gasteiger partial charge on any atom is 0.184 e. The molecular formula is C40H40O6P2. The van der Waals surface area contributed by atoms with Gasteiger partial charge in [0.2, 0.25) is 0 Å².